The molecule has 4 aromatic carbocycles. The molecule has 0 aliphatic carbocycles. The summed E-state index contributed by atoms with van der Waals surface area (Å²) in [4.78, 5) is 0. The van der Waals surface area contributed by atoms with E-state index < -0.39 is 0 Å². The van der Waals surface area contributed by atoms with Gasteiger partial charge in [0.1, 0.15) is 11.5 Å². The highest BCUT2D eigenvalue weighted by Crippen LogP contribution is 2.45. The van der Waals surface area contributed by atoms with Gasteiger partial charge in [0.15, 0.2) is 0 Å². The Bertz CT molecular complexity index is 1130. The van der Waals surface area contributed by atoms with Gasteiger partial charge in [-0.3, -0.25) is 0 Å². The van der Waals surface area contributed by atoms with Crippen LogP contribution in [-0.2, 0) is 0 Å². The van der Waals surface area contributed by atoms with Crippen LogP contribution >= 0.6 is 0 Å². The highest BCUT2D eigenvalue weighted by Gasteiger charge is 2.24. The molecule has 0 spiro atoms. The number of hydrogen-bond donors (Lipinski definition) is 0. The fourth-order valence-electron chi connectivity index (χ4n) is 4.44. The lowest BCUT2D eigenvalue weighted by atomic mass is 9.83. The Hall–Kier alpha value is -3.52. The SMILES string of the molecule is CCCCOc1c(C)cccc1-c1cccc(C(c2ccccc2)c2ccccc2)c1OC. The van der Waals surface area contributed by atoms with Crippen LogP contribution in [0.2, 0.25) is 0 Å². The average Bonchev–Trinajstić information content (AvgIpc) is 2.86. The fraction of sp³-hybridized carbons (Fsp3) is 0.226. The Morgan fingerprint density at radius 2 is 1.24 bits per heavy atom. The van der Waals surface area contributed by atoms with Crippen LogP contribution in [0.5, 0.6) is 11.5 Å². The van der Waals surface area contributed by atoms with E-state index >= 15 is 0 Å². The summed E-state index contributed by atoms with van der Waals surface area (Å²) in [5.41, 5.74) is 6.89. The highest BCUT2D eigenvalue weighted by atomic mass is 16.5. The number of rotatable bonds is 9. The van der Waals surface area contributed by atoms with Gasteiger partial charge in [-0.2, -0.15) is 0 Å². The molecule has 0 fully saturated rings. The maximum atomic E-state index is 6.28. The molecule has 168 valence electrons. The second-order valence-electron chi connectivity index (χ2n) is 8.34. The minimum Gasteiger partial charge on any atom is -0.496 e. The lowest BCUT2D eigenvalue weighted by molar-refractivity contribution is 0.308. The van der Waals surface area contributed by atoms with Crippen molar-refractivity contribution in [3.8, 4) is 22.6 Å². The predicted molar refractivity (Wildman–Crippen MR) is 137 cm³/mol. The molecule has 0 saturated heterocycles. The molecule has 4 rings (SSSR count). The first kappa shape index (κ1) is 22.7. The first-order valence-corrected chi connectivity index (χ1v) is 11.7. The Kier molecular flexibility index (Phi) is 7.47. The predicted octanol–water partition coefficient (Wildman–Crippen LogP) is 8.03. The Morgan fingerprint density at radius 3 is 1.82 bits per heavy atom. The van der Waals surface area contributed by atoms with Crippen LogP contribution < -0.4 is 9.47 Å². The van der Waals surface area contributed by atoms with Gasteiger partial charge in [-0.25, -0.2) is 0 Å². The molecule has 0 atom stereocenters. The van der Waals surface area contributed by atoms with E-state index in [1.807, 2.05) is 0 Å². The lowest BCUT2D eigenvalue weighted by Gasteiger charge is -2.24. The molecule has 0 radical (unpaired) electrons. The molecule has 4 aromatic rings. The molecule has 0 bridgehead atoms. The van der Waals surface area contributed by atoms with Crippen molar-refractivity contribution in [2.24, 2.45) is 0 Å². The highest BCUT2D eigenvalue weighted by molar-refractivity contribution is 5.79. The summed E-state index contributed by atoms with van der Waals surface area (Å²) in [6.07, 6.45) is 2.14. The molecular formula is C31H32O2. The van der Waals surface area contributed by atoms with Gasteiger partial charge < -0.3 is 9.47 Å². The van der Waals surface area contributed by atoms with Gasteiger partial charge in [0.2, 0.25) is 0 Å². The van der Waals surface area contributed by atoms with Crippen molar-refractivity contribution < 1.29 is 9.47 Å². The molecule has 0 amide bonds. The standard InChI is InChI=1S/C31H32O2/c1-4-5-22-33-30-23(2)14-12-19-26(30)27-20-13-21-28(31(27)32-3)29(24-15-8-6-9-16-24)25-17-10-7-11-18-25/h6-21,29H,4-5,22H2,1-3H3. The van der Waals surface area contributed by atoms with Gasteiger partial charge in [-0.15, -0.1) is 0 Å². The lowest BCUT2D eigenvalue weighted by Crippen LogP contribution is -2.07. The van der Waals surface area contributed by atoms with E-state index in [1.165, 1.54) is 11.1 Å². The summed E-state index contributed by atoms with van der Waals surface area (Å²) in [5, 5.41) is 0. The molecular weight excluding hydrogens is 404 g/mol. The average molecular weight is 437 g/mol. The summed E-state index contributed by atoms with van der Waals surface area (Å²) in [6.45, 7) is 5.01. The molecule has 0 aliphatic rings. The van der Waals surface area contributed by atoms with Crippen LogP contribution in [0, 0.1) is 6.92 Å². The van der Waals surface area contributed by atoms with Crippen molar-refractivity contribution in [3.05, 3.63) is 119 Å². The number of methoxy groups -OCH3 is 1. The molecule has 0 unspecified atom stereocenters. The number of benzene rings is 4. The smallest absolute Gasteiger partial charge is 0.130 e. The molecule has 2 heteroatoms. The van der Waals surface area contributed by atoms with Crippen LogP contribution in [0.3, 0.4) is 0 Å². The van der Waals surface area contributed by atoms with Crippen LogP contribution in [-0.4, -0.2) is 13.7 Å². The minimum atomic E-state index is 0.0663. The summed E-state index contributed by atoms with van der Waals surface area (Å²) in [5.74, 6) is 1.90. The molecule has 0 heterocycles. The summed E-state index contributed by atoms with van der Waals surface area (Å²) < 4.78 is 12.4. The molecule has 0 saturated carbocycles. The molecule has 33 heavy (non-hydrogen) atoms. The van der Waals surface area contributed by atoms with E-state index in [0.717, 1.165) is 46.6 Å². The van der Waals surface area contributed by atoms with E-state index in [2.05, 4.69) is 111 Å². The third-order valence-corrected chi connectivity index (χ3v) is 6.07. The zero-order valence-corrected chi connectivity index (χ0v) is 19.8. The fourth-order valence-corrected chi connectivity index (χ4v) is 4.44. The monoisotopic (exact) mass is 436 g/mol. The quantitative estimate of drug-likeness (QED) is 0.195. The first-order chi connectivity index (χ1) is 16.2. The Labute approximate surface area is 197 Å². The van der Waals surface area contributed by atoms with Crippen LogP contribution in [0.25, 0.3) is 11.1 Å². The van der Waals surface area contributed by atoms with Crippen molar-refractivity contribution in [3.63, 3.8) is 0 Å². The topological polar surface area (TPSA) is 18.5 Å². The van der Waals surface area contributed by atoms with Gasteiger partial charge in [0.05, 0.1) is 13.7 Å². The van der Waals surface area contributed by atoms with Gasteiger partial charge in [0.25, 0.3) is 0 Å². The molecule has 2 nitrogen and oxygen atoms in total. The molecule has 0 N–H and O–H groups in total. The van der Waals surface area contributed by atoms with Gasteiger partial charge >= 0.3 is 0 Å². The van der Waals surface area contributed by atoms with Gasteiger partial charge in [-0.1, -0.05) is 110 Å². The van der Waals surface area contributed by atoms with Gasteiger partial charge in [0, 0.05) is 22.6 Å². The number of aryl methyl sites for hydroxylation is 1. The van der Waals surface area contributed by atoms with Crippen molar-refractivity contribution in [2.45, 2.75) is 32.6 Å². The molecule has 0 aliphatic heterocycles. The van der Waals surface area contributed by atoms with E-state index in [0.29, 0.717) is 6.61 Å². The van der Waals surface area contributed by atoms with Crippen molar-refractivity contribution in [1.29, 1.82) is 0 Å². The maximum absolute atomic E-state index is 6.28. The van der Waals surface area contributed by atoms with E-state index in [-0.39, 0.29) is 5.92 Å². The van der Waals surface area contributed by atoms with Crippen LogP contribution in [0.4, 0.5) is 0 Å². The number of hydrogen-bond acceptors (Lipinski definition) is 2. The van der Waals surface area contributed by atoms with E-state index in [9.17, 15) is 0 Å². The summed E-state index contributed by atoms with van der Waals surface area (Å²) >= 11 is 0. The van der Waals surface area contributed by atoms with Crippen LogP contribution in [0.1, 0.15) is 47.9 Å². The molecule has 0 aromatic heterocycles. The zero-order valence-electron chi connectivity index (χ0n) is 19.8. The maximum Gasteiger partial charge on any atom is 0.130 e. The van der Waals surface area contributed by atoms with Crippen LogP contribution in [0.15, 0.2) is 97.1 Å². The third-order valence-electron chi connectivity index (χ3n) is 6.07. The Balaban J connectivity index is 1.89. The second kappa shape index (κ2) is 10.9. The van der Waals surface area contributed by atoms with Gasteiger partial charge in [-0.05, 0) is 30.0 Å². The van der Waals surface area contributed by atoms with Crippen molar-refractivity contribution in [2.75, 3.05) is 13.7 Å². The Morgan fingerprint density at radius 1 is 0.667 bits per heavy atom. The van der Waals surface area contributed by atoms with Crippen molar-refractivity contribution in [1.82, 2.24) is 0 Å². The van der Waals surface area contributed by atoms with Crippen molar-refractivity contribution >= 4 is 0 Å². The number of ether oxygens (including phenoxy) is 2. The largest absolute Gasteiger partial charge is 0.496 e. The second-order valence-corrected chi connectivity index (χ2v) is 8.34. The number of unbranched alkanes of at least 4 members (excludes halogenated alkanes) is 1. The summed E-state index contributed by atoms with van der Waals surface area (Å²) in [7, 11) is 1.77. The zero-order chi connectivity index (χ0) is 23.0. The third kappa shape index (κ3) is 4.96. The normalized spacial score (nSPS) is 10.9. The van der Waals surface area contributed by atoms with E-state index in [4.69, 9.17) is 9.47 Å². The summed E-state index contributed by atoms with van der Waals surface area (Å²) in [6, 6.07) is 34.1. The first-order valence-electron chi connectivity index (χ1n) is 11.7. The number of para-hydroxylation sites is 2. The minimum absolute atomic E-state index is 0.0663. The van der Waals surface area contributed by atoms with E-state index in [1.54, 1.807) is 7.11 Å².